The summed E-state index contributed by atoms with van der Waals surface area (Å²) in [7, 11) is 0. The standard InChI is InChI=1S/C16H15ClN4O4S/c17-13-11(14(23)24)20-16(26-13)21-15(25)19-9-5-6-18-10(7-9)12(22)8-3-1-2-4-8/h5-8H,1-4H2,(H,23,24)(H2,18,19,20,21,25). The van der Waals surface area contributed by atoms with Crippen LogP contribution in [0.3, 0.4) is 0 Å². The minimum Gasteiger partial charge on any atom is -0.476 e. The average molecular weight is 395 g/mol. The zero-order valence-electron chi connectivity index (χ0n) is 13.5. The van der Waals surface area contributed by atoms with Gasteiger partial charge in [0.25, 0.3) is 0 Å². The van der Waals surface area contributed by atoms with Crippen molar-refractivity contribution in [3.05, 3.63) is 34.1 Å². The summed E-state index contributed by atoms with van der Waals surface area (Å²) in [5, 5.41) is 14.0. The zero-order valence-corrected chi connectivity index (χ0v) is 15.1. The van der Waals surface area contributed by atoms with E-state index in [1.54, 1.807) is 6.07 Å². The van der Waals surface area contributed by atoms with Crippen molar-refractivity contribution in [2.45, 2.75) is 25.7 Å². The molecule has 0 bridgehead atoms. The number of amides is 2. The number of ketones is 1. The average Bonchev–Trinajstić information content (AvgIpc) is 3.24. The molecule has 1 fully saturated rings. The van der Waals surface area contributed by atoms with Gasteiger partial charge in [0.2, 0.25) is 0 Å². The normalized spacial score (nSPS) is 14.2. The number of thiazole rings is 1. The molecule has 10 heteroatoms. The molecule has 3 rings (SSSR count). The number of nitrogens with zero attached hydrogens (tertiary/aromatic N) is 2. The number of carboxylic acids is 1. The van der Waals surface area contributed by atoms with E-state index in [0.717, 1.165) is 37.0 Å². The van der Waals surface area contributed by atoms with Crippen LogP contribution in [0, 0.1) is 5.92 Å². The van der Waals surface area contributed by atoms with Crippen molar-refractivity contribution in [2.75, 3.05) is 10.6 Å². The smallest absolute Gasteiger partial charge is 0.357 e. The molecule has 8 nitrogen and oxygen atoms in total. The predicted molar refractivity (Wildman–Crippen MR) is 97.3 cm³/mol. The van der Waals surface area contributed by atoms with E-state index in [1.165, 1.54) is 12.3 Å². The van der Waals surface area contributed by atoms with Crippen LogP contribution in [-0.4, -0.2) is 32.9 Å². The molecule has 0 unspecified atom stereocenters. The number of urea groups is 1. The van der Waals surface area contributed by atoms with Gasteiger partial charge in [-0.3, -0.25) is 15.1 Å². The van der Waals surface area contributed by atoms with E-state index in [1.807, 2.05) is 0 Å². The Balaban J connectivity index is 1.66. The molecular weight excluding hydrogens is 380 g/mol. The number of carbonyl (C=O) groups excluding carboxylic acids is 2. The minimum atomic E-state index is -1.27. The lowest BCUT2D eigenvalue weighted by molar-refractivity contribution is 0.0691. The number of carbonyl (C=O) groups is 3. The van der Waals surface area contributed by atoms with Crippen molar-refractivity contribution < 1.29 is 19.5 Å². The van der Waals surface area contributed by atoms with Gasteiger partial charge in [0, 0.05) is 17.8 Å². The first kappa shape index (κ1) is 18.3. The summed E-state index contributed by atoms with van der Waals surface area (Å²) in [6.45, 7) is 0. The third kappa shape index (κ3) is 4.17. The maximum atomic E-state index is 12.4. The molecule has 136 valence electrons. The fourth-order valence-corrected chi connectivity index (χ4v) is 3.81. The van der Waals surface area contributed by atoms with Crippen LogP contribution in [-0.2, 0) is 0 Å². The number of aromatic nitrogens is 2. The van der Waals surface area contributed by atoms with Gasteiger partial charge in [0.15, 0.2) is 16.6 Å². The van der Waals surface area contributed by atoms with Crippen LogP contribution >= 0.6 is 22.9 Å². The van der Waals surface area contributed by atoms with Crippen LogP contribution in [0.25, 0.3) is 0 Å². The summed E-state index contributed by atoms with van der Waals surface area (Å²) >= 11 is 6.60. The Morgan fingerprint density at radius 1 is 1.23 bits per heavy atom. The third-order valence-corrected chi connectivity index (χ3v) is 5.17. The molecule has 2 aromatic rings. The number of anilines is 2. The molecule has 0 atom stereocenters. The number of Topliss-reactive ketones (excluding diaryl/α,β-unsaturated/α-hetero) is 1. The number of nitrogens with one attached hydrogen (secondary N) is 2. The number of hydrogen-bond donors (Lipinski definition) is 3. The Morgan fingerprint density at radius 3 is 2.62 bits per heavy atom. The van der Waals surface area contributed by atoms with E-state index in [9.17, 15) is 14.4 Å². The van der Waals surface area contributed by atoms with Crippen LogP contribution < -0.4 is 10.6 Å². The highest BCUT2D eigenvalue weighted by molar-refractivity contribution is 7.20. The van der Waals surface area contributed by atoms with Gasteiger partial charge < -0.3 is 10.4 Å². The maximum Gasteiger partial charge on any atom is 0.357 e. The Bertz CT molecular complexity index is 864. The monoisotopic (exact) mass is 394 g/mol. The van der Waals surface area contributed by atoms with E-state index < -0.39 is 12.0 Å². The zero-order chi connectivity index (χ0) is 18.7. The molecule has 0 aromatic carbocycles. The van der Waals surface area contributed by atoms with Gasteiger partial charge in [-0.15, -0.1) is 0 Å². The highest BCUT2D eigenvalue weighted by atomic mass is 35.5. The lowest BCUT2D eigenvalue weighted by Crippen LogP contribution is -2.20. The summed E-state index contributed by atoms with van der Waals surface area (Å²) in [6.07, 6.45) is 5.29. The quantitative estimate of drug-likeness (QED) is 0.661. The molecule has 0 saturated heterocycles. The van der Waals surface area contributed by atoms with E-state index in [0.29, 0.717) is 11.4 Å². The molecule has 0 spiro atoms. The fourth-order valence-electron chi connectivity index (χ4n) is 2.79. The highest BCUT2D eigenvalue weighted by Gasteiger charge is 2.25. The van der Waals surface area contributed by atoms with Crippen LogP contribution in [0.2, 0.25) is 4.34 Å². The highest BCUT2D eigenvalue weighted by Crippen LogP contribution is 2.29. The first-order chi connectivity index (χ1) is 12.4. The van der Waals surface area contributed by atoms with Gasteiger partial charge in [-0.1, -0.05) is 35.8 Å². The second-order valence-electron chi connectivity index (χ2n) is 5.80. The number of pyridine rings is 1. The molecule has 3 N–H and O–H groups in total. The minimum absolute atomic E-state index is 0.00141. The molecule has 2 amide bonds. The summed E-state index contributed by atoms with van der Waals surface area (Å²) in [6, 6.07) is 2.46. The SMILES string of the molecule is O=C(Nc1ccnc(C(=O)C2CCCC2)c1)Nc1nc(C(=O)O)c(Cl)s1. The second-order valence-corrected chi connectivity index (χ2v) is 7.40. The lowest BCUT2D eigenvalue weighted by atomic mass is 9.99. The van der Waals surface area contributed by atoms with Gasteiger partial charge in [0.1, 0.15) is 10.0 Å². The number of carboxylic acid groups (broad SMARTS) is 1. The molecular formula is C16H15ClN4O4S. The van der Waals surface area contributed by atoms with Gasteiger partial charge in [-0.25, -0.2) is 14.6 Å². The van der Waals surface area contributed by atoms with Gasteiger partial charge in [-0.2, -0.15) is 0 Å². The van der Waals surface area contributed by atoms with E-state index >= 15 is 0 Å². The number of aromatic carboxylic acids is 1. The molecule has 1 saturated carbocycles. The van der Waals surface area contributed by atoms with Gasteiger partial charge in [0.05, 0.1) is 0 Å². The Morgan fingerprint density at radius 2 is 1.96 bits per heavy atom. The fraction of sp³-hybridized carbons (Fsp3) is 0.312. The molecule has 0 radical (unpaired) electrons. The number of rotatable bonds is 5. The van der Waals surface area contributed by atoms with Crippen LogP contribution in [0.5, 0.6) is 0 Å². The third-order valence-electron chi connectivity index (χ3n) is 4.01. The van der Waals surface area contributed by atoms with Gasteiger partial charge in [-0.05, 0) is 25.0 Å². The van der Waals surface area contributed by atoms with Crippen LogP contribution in [0.4, 0.5) is 15.6 Å². The summed E-state index contributed by atoms with van der Waals surface area (Å²) < 4.78 is -0.0267. The van der Waals surface area contributed by atoms with Crippen molar-refractivity contribution in [1.29, 1.82) is 0 Å². The predicted octanol–water partition coefficient (Wildman–Crippen LogP) is 3.91. The number of hydrogen-bond acceptors (Lipinski definition) is 6. The first-order valence-electron chi connectivity index (χ1n) is 7.92. The van der Waals surface area contributed by atoms with Crippen molar-refractivity contribution in [3.8, 4) is 0 Å². The Labute approximate surface area is 157 Å². The van der Waals surface area contributed by atoms with E-state index in [4.69, 9.17) is 16.7 Å². The summed E-state index contributed by atoms with van der Waals surface area (Å²) in [5.74, 6) is -1.29. The van der Waals surface area contributed by atoms with Crippen molar-refractivity contribution >= 4 is 51.5 Å². The topological polar surface area (TPSA) is 121 Å². The van der Waals surface area contributed by atoms with Crippen molar-refractivity contribution in [3.63, 3.8) is 0 Å². The van der Waals surface area contributed by atoms with Crippen LogP contribution in [0.15, 0.2) is 18.3 Å². The molecule has 1 aliphatic carbocycles. The molecule has 2 heterocycles. The lowest BCUT2D eigenvalue weighted by Gasteiger charge is -2.09. The molecule has 26 heavy (non-hydrogen) atoms. The van der Waals surface area contributed by atoms with Gasteiger partial charge >= 0.3 is 12.0 Å². The van der Waals surface area contributed by atoms with E-state index in [-0.39, 0.29) is 26.9 Å². The molecule has 2 aromatic heterocycles. The summed E-state index contributed by atoms with van der Waals surface area (Å²) in [4.78, 5) is 43.2. The van der Waals surface area contributed by atoms with Crippen molar-refractivity contribution in [1.82, 2.24) is 9.97 Å². The maximum absolute atomic E-state index is 12.4. The Hall–Kier alpha value is -2.52. The van der Waals surface area contributed by atoms with E-state index in [2.05, 4.69) is 20.6 Å². The first-order valence-corrected chi connectivity index (χ1v) is 9.11. The largest absolute Gasteiger partial charge is 0.476 e. The summed E-state index contributed by atoms with van der Waals surface area (Å²) in [5.41, 5.74) is 0.403. The molecule has 1 aliphatic rings. The second kappa shape index (κ2) is 7.79. The van der Waals surface area contributed by atoms with Crippen LogP contribution in [0.1, 0.15) is 46.7 Å². The molecule has 0 aliphatic heterocycles. The van der Waals surface area contributed by atoms with Crippen molar-refractivity contribution in [2.24, 2.45) is 5.92 Å². The Kier molecular flexibility index (Phi) is 5.48. The number of halogens is 1.